The van der Waals surface area contributed by atoms with Crippen LogP contribution in [0.1, 0.15) is 34.3 Å². The molecule has 1 N–H and O–H groups in total. The number of amides is 1. The van der Waals surface area contributed by atoms with Crippen LogP contribution in [0.5, 0.6) is 0 Å². The lowest BCUT2D eigenvalue weighted by Crippen LogP contribution is -2.37. The zero-order chi connectivity index (χ0) is 26.2. The minimum absolute atomic E-state index is 0.0573. The van der Waals surface area contributed by atoms with Gasteiger partial charge in [0.05, 0.1) is 27.8 Å². The van der Waals surface area contributed by atoms with E-state index in [1.54, 1.807) is 17.0 Å². The highest BCUT2D eigenvalue weighted by atomic mass is 32.2. The number of carbonyl (C=O) groups is 1. The van der Waals surface area contributed by atoms with E-state index < -0.39 is 15.8 Å². The molecule has 0 radical (unpaired) electrons. The van der Waals surface area contributed by atoms with Gasteiger partial charge in [0.2, 0.25) is 0 Å². The number of hydrogen-bond donors (Lipinski definition) is 1. The summed E-state index contributed by atoms with van der Waals surface area (Å²) in [6, 6.07) is 14.9. The average Bonchev–Trinajstić information content (AvgIpc) is 3.55. The van der Waals surface area contributed by atoms with Gasteiger partial charge in [0.1, 0.15) is 5.82 Å². The number of benzene rings is 3. The van der Waals surface area contributed by atoms with E-state index >= 15 is 0 Å². The predicted molar refractivity (Wildman–Crippen MR) is 143 cm³/mol. The van der Waals surface area contributed by atoms with Crippen molar-refractivity contribution in [3.05, 3.63) is 83.2 Å². The maximum Gasteiger partial charge on any atom is 0.261 e. The predicted octanol–water partition coefficient (Wildman–Crippen LogP) is 5.68. The number of anilines is 2. The Morgan fingerprint density at radius 3 is 2.51 bits per heavy atom. The molecule has 10 heteroatoms. The largest absolute Gasteiger partial charge is 0.376 e. The number of ether oxygens (including phenoxy) is 1. The maximum atomic E-state index is 13.7. The van der Waals surface area contributed by atoms with Gasteiger partial charge in [0.15, 0.2) is 5.13 Å². The van der Waals surface area contributed by atoms with E-state index in [2.05, 4.69) is 10.8 Å². The Kier molecular flexibility index (Phi) is 6.98. The molecule has 192 valence electrons. The molecule has 1 unspecified atom stereocenters. The summed E-state index contributed by atoms with van der Waals surface area (Å²) in [5.74, 6) is -0.760. The van der Waals surface area contributed by atoms with Crippen LogP contribution in [0.15, 0.2) is 65.6 Å². The van der Waals surface area contributed by atoms with Crippen molar-refractivity contribution in [2.45, 2.75) is 37.7 Å². The van der Waals surface area contributed by atoms with Crippen LogP contribution in [0, 0.1) is 19.7 Å². The summed E-state index contributed by atoms with van der Waals surface area (Å²) < 4.78 is 47.7. The Morgan fingerprint density at radius 2 is 1.84 bits per heavy atom. The van der Waals surface area contributed by atoms with Gasteiger partial charge in [-0.15, -0.1) is 0 Å². The molecule has 4 aromatic rings. The molecule has 1 aromatic heterocycles. The molecule has 1 saturated heterocycles. The lowest BCUT2D eigenvalue weighted by Gasteiger charge is -2.23. The average molecular weight is 540 g/mol. The van der Waals surface area contributed by atoms with Gasteiger partial charge in [0, 0.05) is 17.9 Å². The van der Waals surface area contributed by atoms with Crippen LogP contribution < -0.4 is 9.62 Å². The van der Waals surface area contributed by atoms with Crippen molar-refractivity contribution in [2.24, 2.45) is 0 Å². The smallest absolute Gasteiger partial charge is 0.261 e. The summed E-state index contributed by atoms with van der Waals surface area (Å²) in [6.45, 7) is 5.12. The van der Waals surface area contributed by atoms with Crippen molar-refractivity contribution in [1.29, 1.82) is 0 Å². The second kappa shape index (κ2) is 10.2. The molecule has 3 aromatic carbocycles. The minimum atomic E-state index is -3.90. The fraction of sp³-hybridized carbons (Fsp3) is 0.259. The van der Waals surface area contributed by atoms with Gasteiger partial charge >= 0.3 is 0 Å². The first-order valence-corrected chi connectivity index (χ1v) is 14.2. The Morgan fingerprint density at radius 1 is 1.11 bits per heavy atom. The normalized spacial score (nSPS) is 15.7. The van der Waals surface area contributed by atoms with Crippen LogP contribution >= 0.6 is 11.3 Å². The molecular weight excluding hydrogens is 513 g/mol. The number of halogens is 1. The Bertz CT molecular complexity index is 1550. The van der Waals surface area contributed by atoms with Gasteiger partial charge in [0.25, 0.3) is 15.9 Å². The highest BCUT2D eigenvalue weighted by Gasteiger charge is 2.27. The molecular formula is C27H26FN3O4S2. The van der Waals surface area contributed by atoms with Crippen molar-refractivity contribution < 1.29 is 22.3 Å². The van der Waals surface area contributed by atoms with Crippen molar-refractivity contribution in [2.75, 3.05) is 22.8 Å². The zero-order valence-electron chi connectivity index (χ0n) is 20.4. The van der Waals surface area contributed by atoms with Gasteiger partial charge < -0.3 is 4.74 Å². The van der Waals surface area contributed by atoms with Gasteiger partial charge in [-0.3, -0.25) is 14.4 Å². The van der Waals surface area contributed by atoms with Crippen LogP contribution in [0.25, 0.3) is 10.2 Å². The molecule has 1 atom stereocenters. The third-order valence-electron chi connectivity index (χ3n) is 6.47. The fourth-order valence-corrected chi connectivity index (χ4v) is 6.33. The van der Waals surface area contributed by atoms with Crippen LogP contribution in [0.3, 0.4) is 0 Å². The lowest BCUT2D eigenvalue weighted by atomic mass is 10.1. The maximum absolute atomic E-state index is 13.7. The standard InChI is InChI=1S/C27H26FN3O4S2/c1-17-5-14-24-25(18(17)2)29-27(36-24)31(16-22-4-3-15-35-22)26(32)19-6-10-21(11-7-19)30-37(33,34)23-12-8-20(28)9-13-23/h5-14,22,30H,3-4,15-16H2,1-2H3. The summed E-state index contributed by atoms with van der Waals surface area (Å²) in [5, 5.41) is 0.602. The molecule has 5 rings (SSSR count). The summed E-state index contributed by atoms with van der Waals surface area (Å²) in [6.07, 6.45) is 1.76. The molecule has 1 amide bonds. The van der Waals surface area contributed by atoms with Crippen LogP contribution in [0.2, 0.25) is 0 Å². The quantitative estimate of drug-likeness (QED) is 0.327. The number of carbonyl (C=O) groups excluding carboxylic acids is 1. The number of nitrogens with one attached hydrogen (secondary N) is 1. The number of aromatic nitrogens is 1. The zero-order valence-corrected chi connectivity index (χ0v) is 22.0. The lowest BCUT2D eigenvalue weighted by molar-refractivity contribution is 0.0917. The molecule has 2 heterocycles. The molecule has 1 fully saturated rings. The first-order chi connectivity index (χ1) is 17.7. The van der Waals surface area contributed by atoms with E-state index in [1.165, 1.54) is 35.6 Å². The third-order valence-corrected chi connectivity index (χ3v) is 8.91. The van der Waals surface area contributed by atoms with Crippen LogP contribution in [0.4, 0.5) is 15.2 Å². The van der Waals surface area contributed by atoms with Gasteiger partial charge in [-0.1, -0.05) is 17.4 Å². The number of aryl methyl sites for hydroxylation is 2. The highest BCUT2D eigenvalue weighted by Crippen LogP contribution is 2.33. The Hall–Kier alpha value is -3.34. The molecule has 37 heavy (non-hydrogen) atoms. The van der Waals surface area contributed by atoms with Crippen molar-refractivity contribution in [3.8, 4) is 0 Å². The topological polar surface area (TPSA) is 88.6 Å². The van der Waals surface area contributed by atoms with Crippen LogP contribution in [-0.4, -0.2) is 38.6 Å². The number of sulfonamides is 1. The SMILES string of the molecule is Cc1ccc2sc(N(CC3CCCO3)C(=O)c3ccc(NS(=O)(=O)c4ccc(F)cc4)cc3)nc2c1C. The number of nitrogens with zero attached hydrogens (tertiary/aromatic N) is 2. The van der Waals surface area contributed by atoms with Crippen molar-refractivity contribution in [1.82, 2.24) is 4.98 Å². The number of hydrogen-bond acceptors (Lipinski definition) is 6. The highest BCUT2D eigenvalue weighted by molar-refractivity contribution is 7.92. The van der Waals surface area contributed by atoms with Gasteiger partial charge in [-0.2, -0.15) is 0 Å². The minimum Gasteiger partial charge on any atom is -0.376 e. The molecule has 7 nitrogen and oxygen atoms in total. The summed E-state index contributed by atoms with van der Waals surface area (Å²) in [5.41, 5.74) is 3.80. The summed E-state index contributed by atoms with van der Waals surface area (Å²) >= 11 is 1.46. The second-order valence-corrected chi connectivity index (χ2v) is 11.7. The second-order valence-electron chi connectivity index (χ2n) is 9.04. The number of thiazole rings is 1. The first kappa shape index (κ1) is 25.3. The van der Waals surface area contributed by atoms with E-state index in [-0.39, 0.29) is 22.6 Å². The molecule has 1 aliphatic heterocycles. The van der Waals surface area contributed by atoms with Crippen molar-refractivity contribution >= 4 is 48.3 Å². The Labute approximate surface area is 219 Å². The third kappa shape index (κ3) is 5.36. The van der Waals surface area contributed by atoms with E-state index in [9.17, 15) is 17.6 Å². The molecule has 0 spiro atoms. The summed E-state index contributed by atoms with van der Waals surface area (Å²) in [4.78, 5) is 20.1. The summed E-state index contributed by atoms with van der Waals surface area (Å²) in [7, 11) is -3.90. The monoisotopic (exact) mass is 539 g/mol. The van der Waals surface area contributed by atoms with Crippen molar-refractivity contribution in [3.63, 3.8) is 0 Å². The number of fused-ring (bicyclic) bond motifs is 1. The molecule has 0 aliphatic carbocycles. The van der Waals surface area contributed by atoms with E-state index in [0.29, 0.717) is 23.8 Å². The van der Waals surface area contributed by atoms with E-state index in [1.807, 2.05) is 19.9 Å². The first-order valence-electron chi connectivity index (χ1n) is 11.9. The number of rotatable bonds is 7. The van der Waals surface area contributed by atoms with E-state index in [4.69, 9.17) is 9.72 Å². The van der Waals surface area contributed by atoms with Crippen LogP contribution in [-0.2, 0) is 14.8 Å². The van der Waals surface area contributed by atoms with Gasteiger partial charge in [-0.05, 0) is 92.4 Å². The fourth-order valence-electron chi connectivity index (χ4n) is 4.23. The van der Waals surface area contributed by atoms with E-state index in [0.717, 1.165) is 46.3 Å². The van der Waals surface area contributed by atoms with Gasteiger partial charge in [-0.25, -0.2) is 17.8 Å². The molecule has 1 aliphatic rings. The molecule has 0 bridgehead atoms. The Balaban J connectivity index is 1.41. The molecule has 0 saturated carbocycles.